The largest absolute Gasteiger partial charge is 0.493 e. The van der Waals surface area contributed by atoms with E-state index in [0.717, 1.165) is 16.3 Å². The molecule has 0 spiro atoms. The Labute approximate surface area is 157 Å². The molecule has 0 N–H and O–H groups in total. The van der Waals surface area contributed by atoms with Crippen LogP contribution in [0.2, 0.25) is 19.6 Å². The average Bonchev–Trinajstić information content (AvgIpc) is 2.56. The molecule has 4 nitrogen and oxygen atoms in total. The van der Waals surface area contributed by atoms with Crippen molar-refractivity contribution in [2.24, 2.45) is 5.92 Å². The first kappa shape index (κ1) is 20.5. The van der Waals surface area contributed by atoms with Crippen molar-refractivity contribution < 1.29 is 18.7 Å². The predicted molar refractivity (Wildman–Crippen MR) is 109 cm³/mol. The summed E-state index contributed by atoms with van der Waals surface area (Å²) in [6, 6.07) is 9.94. The van der Waals surface area contributed by atoms with Gasteiger partial charge in [0.1, 0.15) is 5.60 Å². The molecular formula is C21H30O4Si. The third kappa shape index (κ3) is 3.79. The maximum absolute atomic E-state index is 12.8. The van der Waals surface area contributed by atoms with Gasteiger partial charge in [-0.15, -0.1) is 0 Å². The second-order valence-electron chi connectivity index (χ2n) is 7.93. The highest BCUT2D eigenvalue weighted by atomic mass is 28.4. The number of Topliss-reactive ketones (excluding diaryl/α,β-unsaturated/α-hetero) is 1. The van der Waals surface area contributed by atoms with E-state index >= 15 is 0 Å². The van der Waals surface area contributed by atoms with Gasteiger partial charge in [0.15, 0.2) is 25.6 Å². The predicted octanol–water partition coefficient (Wildman–Crippen LogP) is 5.15. The Bertz CT molecular complexity index is 807. The van der Waals surface area contributed by atoms with Gasteiger partial charge in [-0.25, -0.2) is 0 Å². The molecule has 5 heteroatoms. The first-order valence-electron chi connectivity index (χ1n) is 8.92. The van der Waals surface area contributed by atoms with Crippen LogP contribution in [0.1, 0.15) is 26.3 Å². The first-order valence-corrected chi connectivity index (χ1v) is 12.3. The molecule has 0 saturated heterocycles. The number of hydrogen-bond donors (Lipinski definition) is 0. The van der Waals surface area contributed by atoms with Crippen molar-refractivity contribution in [3.8, 4) is 11.5 Å². The van der Waals surface area contributed by atoms with E-state index in [1.807, 2.05) is 44.2 Å². The molecule has 0 aliphatic carbocycles. The molecular weight excluding hydrogens is 344 g/mol. The lowest BCUT2D eigenvalue weighted by molar-refractivity contribution is -0.138. The summed E-state index contributed by atoms with van der Waals surface area (Å²) in [5, 5.41) is 2.02. The molecule has 2 aromatic rings. The van der Waals surface area contributed by atoms with E-state index in [1.54, 1.807) is 21.1 Å². The van der Waals surface area contributed by atoms with Crippen LogP contribution in [0.15, 0.2) is 30.3 Å². The number of rotatable bonds is 7. The number of carbonyl (C=O) groups excluding carboxylic acids is 1. The van der Waals surface area contributed by atoms with Crippen molar-refractivity contribution in [3.05, 3.63) is 35.9 Å². The Hall–Kier alpha value is -1.85. The summed E-state index contributed by atoms with van der Waals surface area (Å²) in [4.78, 5) is 12.8. The molecule has 2 rings (SSSR count). The van der Waals surface area contributed by atoms with E-state index in [1.165, 1.54) is 0 Å². The van der Waals surface area contributed by atoms with Crippen molar-refractivity contribution in [2.75, 3.05) is 14.2 Å². The third-order valence-corrected chi connectivity index (χ3v) is 5.51. The summed E-state index contributed by atoms with van der Waals surface area (Å²) >= 11 is 0. The van der Waals surface area contributed by atoms with E-state index < -0.39 is 13.9 Å². The second kappa shape index (κ2) is 7.41. The van der Waals surface area contributed by atoms with E-state index in [9.17, 15) is 4.79 Å². The van der Waals surface area contributed by atoms with E-state index in [0.29, 0.717) is 11.5 Å². The van der Waals surface area contributed by atoms with Crippen LogP contribution < -0.4 is 9.47 Å². The fourth-order valence-electron chi connectivity index (χ4n) is 3.48. The Morgan fingerprint density at radius 1 is 0.962 bits per heavy atom. The molecule has 0 radical (unpaired) electrons. The van der Waals surface area contributed by atoms with Crippen LogP contribution in [0.25, 0.3) is 10.8 Å². The average molecular weight is 375 g/mol. The highest BCUT2D eigenvalue weighted by Gasteiger charge is 2.45. The molecule has 0 unspecified atom stereocenters. The third-order valence-electron chi connectivity index (χ3n) is 4.57. The standard InChI is InChI=1S/C21H30O4Si/c1-14(2)21(15(3)22,25-26(6,7)8)18-10-9-16-12-19(23-4)20(24-5)13-17(16)11-18/h9-14H,1-8H3/t21-/m1/s1. The number of hydrogen-bond acceptors (Lipinski definition) is 4. The van der Waals surface area contributed by atoms with Crippen molar-refractivity contribution in [3.63, 3.8) is 0 Å². The van der Waals surface area contributed by atoms with Gasteiger partial charge in [0, 0.05) is 0 Å². The van der Waals surface area contributed by atoms with Crippen molar-refractivity contribution in [1.82, 2.24) is 0 Å². The summed E-state index contributed by atoms with van der Waals surface area (Å²) in [7, 11) is 1.28. The van der Waals surface area contributed by atoms with Gasteiger partial charge in [0.2, 0.25) is 0 Å². The molecule has 0 fully saturated rings. The van der Waals surface area contributed by atoms with Crippen molar-refractivity contribution in [1.29, 1.82) is 0 Å². The number of ketones is 1. The van der Waals surface area contributed by atoms with Gasteiger partial charge in [-0.05, 0) is 67.0 Å². The molecule has 0 aromatic heterocycles. The fraction of sp³-hybridized carbons (Fsp3) is 0.476. The highest BCUT2D eigenvalue weighted by molar-refractivity contribution is 6.70. The molecule has 0 heterocycles. The summed E-state index contributed by atoms with van der Waals surface area (Å²) in [6.45, 7) is 12.0. The van der Waals surface area contributed by atoms with Crippen LogP contribution in [0.3, 0.4) is 0 Å². The lowest BCUT2D eigenvalue weighted by Gasteiger charge is -2.41. The Kier molecular flexibility index (Phi) is 5.83. The second-order valence-corrected chi connectivity index (χ2v) is 12.4. The molecule has 0 saturated carbocycles. The smallest absolute Gasteiger partial charge is 0.185 e. The minimum absolute atomic E-state index is 0.0179. The summed E-state index contributed by atoms with van der Waals surface area (Å²) in [5.41, 5.74) is -0.0478. The molecule has 0 aliphatic rings. The zero-order valence-electron chi connectivity index (χ0n) is 17.1. The number of ether oxygens (including phenoxy) is 2. The summed E-state index contributed by atoms with van der Waals surface area (Å²) in [6.07, 6.45) is 0. The minimum atomic E-state index is -1.97. The lowest BCUT2D eigenvalue weighted by Crippen LogP contribution is -2.49. The molecule has 0 bridgehead atoms. The zero-order chi connectivity index (χ0) is 19.7. The number of fused-ring (bicyclic) bond motifs is 1. The molecule has 142 valence electrons. The highest BCUT2D eigenvalue weighted by Crippen LogP contribution is 2.40. The van der Waals surface area contributed by atoms with E-state index in [4.69, 9.17) is 13.9 Å². The normalized spacial score (nSPS) is 14.3. The Balaban J connectivity index is 2.72. The van der Waals surface area contributed by atoms with Crippen molar-refractivity contribution >= 4 is 24.9 Å². The van der Waals surface area contributed by atoms with Crippen LogP contribution in [0.4, 0.5) is 0 Å². The van der Waals surface area contributed by atoms with Gasteiger partial charge >= 0.3 is 0 Å². The quantitative estimate of drug-likeness (QED) is 0.629. The van der Waals surface area contributed by atoms with Crippen LogP contribution in [0, 0.1) is 5.92 Å². The van der Waals surface area contributed by atoms with Crippen LogP contribution in [-0.4, -0.2) is 28.3 Å². The Morgan fingerprint density at radius 3 is 1.92 bits per heavy atom. The molecule has 0 amide bonds. The summed E-state index contributed by atoms with van der Waals surface area (Å²) < 4.78 is 17.3. The van der Waals surface area contributed by atoms with Crippen molar-refractivity contribution in [2.45, 2.75) is 46.0 Å². The van der Waals surface area contributed by atoms with Gasteiger partial charge < -0.3 is 13.9 Å². The molecule has 0 aliphatic heterocycles. The molecule has 2 aromatic carbocycles. The number of carbonyl (C=O) groups is 1. The minimum Gasteiger partial charge on any atom is -0.493 e. The maximum atomic E-state index is 12.8. The summed E-state index contributed by atoms with van der Waals surface area (Å²) in [5.74, 6) is 1.41. The van der Waals surface area contributed by atoms with Gasteiger partial charge in [-0.2, -0.15) is 0 Å². The fourth-order valence-corrected chi connectivity index (χ4v) is 4.94. The van der Waals surface area contributed by atoms with Gasteiger partial charge in [0.25, 0.3) is 0 Å². The SMILES string of the molecule is COc1cc2ccc([C@](O[Si](C)(C)C)(C(C)=O)C(C)C)cc2cc1OC. The van der Waals surface area contributed by atoms with Gasteiger partial charge in [0.05, 0.1) is 14.2 Å². The van der Waals surface area contributed by atoms with Crippen LogP contribution >= 0.6 is 0 Å². The first-order chi connectivity index (χ1) is 12.0. The molecule has 1 atom stereocenters. The zero-order valence-corrected chi connectivity index (χ0v) is 18.1. The van der Waals surface area contributed by atoms with E-state index in [-0.39, 0.29) is 11.7 Å². The monoisotopic (exact) mass is 374 g/mol. The van der Waals surface area contributed by atoms with E-state index in [2.05, 4.69) is 19.6 Å². The van der Waals surface area contributed by atoms with Crippen LogP contribution in [0.5, 0.6) is 11.5 Å². The topological polar surface area (TPSA) is 44.8 Å². The maximum Gasteiger partial charge on any atom is 0.185 e. The van der Waals surface area contributed by atoms with Crippen LogP contribution in [-0.2, 0) is 14.8 Å². The number of benzene rings is 2. The number of methoxy groups -OCH3 is 2. The molecule has 26 heavy (non-hydrogen) atoms. The van der Waals surface area contributed by atoms with Gasteiger partial charge in [-0.3, -0.25) is 4.79 Å². The lowest BCUT2D eigenvalue weighted by atomic mass is 9.80. The van der Waals surface area contributed by atoms with Gasteiger partial charge in [-0.1, -0.05) is 26.0 Å². The Morgan fingerprint density at radius 2 is 1.50 bits per heavy atom.